The van der Waals surface area contributed by atoms with Gasteiger partial charge < -0.3 is 5.32 Å². The van der Waals surface area contributed by atoms with Crippen molar-refractivity contribution in [2.45, 2.75) is 44.6 Å². The number of nitrogens with one attached hydrogen (secondary N) is 1. The molecule has 0 spiro atoms. The van der Waals surface area contributed by atoms with Crippen LogP contribution in [-0.2, 0) is 0 Å². The van der Waals surface area contributed by atoms with Crippen molar-refractivity contribution >= 4 is 28.8 Å². The molecule has 3 nitrogen and oxygen atoms in total. The van der Waals surface area contributed by atoms with Crippen molar-refractivity contribution in [1.82, 2.24) is 9.97 Å². The third-order valence-electron chi connectivity index (χ3n) is 3.44. The molecule has 0 aliphatic heterocycles. The van der Waals surface area contributed by atoms with Crippen LogP contribution in [0.4, 0.5) is 5.82 Å². The molecular weight excluding hydrogens is 290 g/mol. The van der Waals surface area contributed by atoms with Gasteiger partial charge in [0, 0.05) is 16.9 Å². The Labute approximate surface area is 128 Å². The Morgan fingerprint density at radius 1 is 1.45 bits per heavy atom. The fourth-order valence-corrected chi connectivity index (χ4v) is 3.28. The monoisotopic (exact) mass is 307 g/mol. The van der Waals surface area contributed by atoms with E-state index in [2.05, 4.69) is 39.7 Å². The zero-order chi connectivity index (χ0) is 13.9. The van der Waals surface area contributed by atoms with Gasteiger partial charge in [-0.25, -0.2) is 9.97 Å². The summed E-state index contributed by atoms with van der Waals surface area (Å²) in [6.45, 7) is 2.20. The second-order valence-electron chi connectivity index (χ2n) is 5.21. The third kappa shape index (κ3) is 3.30. The van der Waals surface area contributed by atoms with Gasteiger partial charge in [-0.1, -0.05) is 31.0 Å². The first-order valence-corrected chi connectivity index (χ1v) is 8.36. The normalized spacial score (nSPS) is 16.1. The van der Waals surface area contributed by atoms with E-state index in [1.54, 1.807) is 11.3 Å². The number of hydrogen-bond acceptors (Lipinski definition) is 4. The van der Waals surface area contributed by atoms with Gasteiger partial charge in [-0.05, 0) is 30.7 Å². The lowest BCUT2D eigenvalue weighted by Crippen LogP contribution is -2.11. The fourth-order valence-electron chi connectivity index (χ4n) is 2.28. The molecule has 1 atom stereocenters. The Kier molecular flexibility index (Phi) is 4.22. The molecule has 0 radical (unpaired) electrons. The summed E-state index contributed by atoms with van der Waals surface area (Å²) in [5.41, 5.74) is 0. The van der Waals surface area contributed by atoms with Crippen molar-refractivity contribution in [3.05, 3.63) is 39.4 Å². The summed E-state index contributed by atoms with van der Waals surface area (Å²) in [7, 11) is 0. The highest BCUT2D eigenvalue weighted by molar-refractivity contribution is 7.10. The van der Waals surface area contributed by atoms with Crippen LogP contribution in [0.3, 0.4) is 0 Å². The van der Waals surface area contributed by atoms with E-state index in [9.17, 15) is 0 Å². The number of nitrogens with zero attached hydrogens (tertiary/aromatic N) is 2. The van der Waals surface area contributed by atoms with E-state index in [0.29, 0.717) is 17.1 Å². The van der Waals surface area contributed by atoms with Crippen molar-refractivity contribution < 1.29 is 0 Å². The Balaban J connectivity index is 1.81. The molecule has 1 aliphatic rings. The molecular formula is C15H18ClN3S. The SMILES string of the molecule is CCCC(Nc1cc(Cl)nc(C2CC2)n1)c1cccs1. The van der Waals surface area contributed by atoms with Crippen molar-refractivity contribution in [3.8, 4) is 0 Å². The maximum Gasteiger partial charge on any atom is 0.135 e. The largest absolute Gasteiger partial charge is 0.362 e. The highest BCUT2D eigenvalue weighted by Gasteiger charge is 2.27. The molecule has 20 heavy (non-hydrogen) atoms. The van der Waals surface area contributed by atoms with Crippen LogP contribution in [-0.4, -0.2) is 9.97 Å². The van der Waals surface area contributed by atoms with Gasteiger partial charge >= 0.3 is 0 Å². The molecule has 3 rings (SSSR count). The van der Waals surface area contributed by atoms with E-state index in [4.69, 9.17) is 11.6 Å². The summed E-state index contributed by atoms with van der Waals surface area (Å²) in [6, 6.07) is 6.39. The van der Waals surface area contributed by atoms with Crippen LogP contribution in [0.25, 0.3) is 0 Å². The molecule has 5 heteroatoms. The summed E-state index contributed by atoms with van der Waals surface area (Å²) < 4.78 is 0. The molecule has 1 N–H and O–H groups in total. The van der Waals surface area contributed by atoms with Gasteiger partial charge in [0.05, 0.1) is 6.04 Å². The number of hydrogen-bond donors (Lipinski definition) is 1. The van der Waals surface area contributed by atoms with Crippen LogP contribution in [0.15, 0.2) is 23.6 Å². The quantitative estimate of drug-likeness (QED) is 0.761. The summed E-state index contributed by atoms with van der Waals surface area (Å²) in [4.78, 5) is 10.3. The van der Waals surface area contributed by atoms with E-state index in [1.165, 1.54) is 17.7 Å². The first-order valence-electron chi connectivity index (χ1n) is 7.10. The molecule has 0 bridgehead atoms. The molecule has 1 fully saturated rings. The van der Waals surface area contributed by atoms with Crippen LogP contribution >= 0.6 is 22.9 Å². The first kappa shape index (κ1) is 13.8. The predicted molar refractivity (Wildman–Crippen MR) is 84.6 cm³/mol. The third-order valence-corrected chi connectivity index (χ3v) is 4.62. The lowest BCUT2D eigenvalue weighted by molar-refractivity contribution is 0.683. The predicted octanol–water partition coefficient (Wildman–Crippen LogP) is 5.02. The van der Waals surface area contributed by atoms with Gasteiger partial charge in [0.1, 0.15) is 16.8 Å². The standard InChI is InChI=1S/C15H18ClN3S/c1-2-4-11(12-5-3-8-20-12)17-14-9-13(16)18-15(19-14)10-6-7-10/h3,5,8-11H,2,4,6-7H2,1H3,(H,17,18,19). The minimum Gasteiger partial charge on any atom is -0.362 e. The zero-order valence-corrected chi connectivity index (χ0v) is 13.0. The smallest absolute Gasteiger partial charge is 0.135 e. The van der Waals surface area contributed by atoms with Gasteiger partial charge in [0.15, 0.2) is 0 Å². The molecule has 0 saturated heterocycles. The molecule has 1 saturated carbocycles. The lowest BCUT2D eigenvalue weighted by Gasteiger charge is -2.18. The molecule has 1 aliphatic carbocycles. The molecule has 2 aromatic heterocycles. The minimum absolute atomic E-state index is 0.304. The van der Waals surface area contributed by atoms with E-state index in [-0.39, 0.29) is 0 Å². The maximum absolute atomic E-state index is 6.12. The number of rotatable bonds is 6. The van der Waals surface area contributed by atoms with Crippen LogP contribution in [0.2, 0.25) is 5.15 Å². The summed E-state index contributed by atoms with van der Waals surface area (Å²) in [5, 5.41) is 6.17. The molecule has 1 unspecified atom stereocenters. The van der Waals surface area contributed by atoms with Gasteiger partial charge in [0.2, 0.25) is 0 Å². The van der Waals surface area contributed by atoms with Gasteiger partial charge in [-0.2, -0.15) is 0 Å². The topological polar surface area (TPSA) is 37.8 Å². The number of anilines is 1. The maximum atomic E-state index is 6.12. The van der Waals surface area contributed by atoms with Gasteiger partial charge in [-0.15, -0.1) is 11.3 Å². The van der Waals surface area contributed by atoms with E-state index in [0.717, 1.165) is 24.5 Å². The second kappa shape index (κ2) is 6.10. The Bertz CT molecular complexity index is 567. The molecule has 2 aromatic rings. The van der Waals surface area contributed by atoms with Crippen molar-refractivity contribution in [1.29, 1.82) is 0 Å². The number of halogens is 1. The highest BCUT2D eigenvalue weighted by Crippen LogP contribution is 2.39. The van der Waals surface area contributed by atoms with Crippen molar-refractivity contribution in [2.24, 2.45) is 0 Å². The van der Waals surface area contributed by atoms with Crippen LogP contribution in [0.1, 0.15) is 55.3 Å². The zero-order valence-electron chi connectivity index (χ0n) is 11.5. The Morgan fingerprint density at radius 3 is 2.95 bits per heavy atom. The lowest BCUT2D eigenvalue weighted by atomic mass is 10.1. The van der Waals surface area contributed by atoms with Gasteiger partial charge in [-0.3, -0.25) is 0 Å². The van der Waals surface area contributed by atoms with Crippen molar-refractivity contribution in [2.75, 3.05) is 5.32 Å². The second-order valence-corrected chi connectivity index (χ2v) is 6.58. The average molecular weight is 308 g/mol. The summed E-state index contributed by atoms with van der Waals surface area (Å²) in [5.74, 6) is 2.25. The minimum atomic E-state index is 0.304. The van der Waals surface area contributed by atoms with E-state index < -0.39 is 0 Å². The summed E-state index contributed by atoms with van der Waals surface area (Å²) in [6.07, 6.45) is 4.58. The molecule has 0 amide bonds. The highest BCUT2D eigenvalue weighted by atomic mass is 35.5. The van der Waals surface area contributed by atoms with Crippen LogP contribution in [0.5, 0.6) is 0 Å². The van der Waals surface area contributed by atoms with Crippen LogP contribution in [0, 0.1) is 0 Å². The summed E-state index contributed by atoms with van der Waals surface area (Å²) >= 11 is 7.90. The molecule has 106 valence electrons. The van der Waals surface area contributed by atoms with E-state index >= 15 is 0 Å². The van der Waals surface area contributed by atoms with E-state index in [1.807, 2.05) is 6.07 Å². The van der Waals surface area contributed by atoms with Crippen LogP contribution < -0.4 is 5.32 Å². The van der Waals surface area contributed by atoms with Crippen molar-refractivity contribution in [3.63, 3.8) is 0 Å². The Hall–Kier alpha value is -1.13. The van der Waals surface area contributed by atoms with Gasteiger partial charge in [0.25, 0.3) is 0 Å². The molecule has 2 heterocycles. The Morgan fingerprint density at radius 2 is 2.30 bits per heavy atom. The number of thiophene rings is 1. The number of aromatic nitrogens is 2. The fraction of sp³-hybridized carbons (Fsp3) is 0.467. The first-order chi connectivity index (χ1) is 9.76. The molecule has 0 aromatic carbocycles. The average Bonchev–Trinajstić information content (AvgIpc) is 3.13.